The molecule has 0 radical (unpaired) electrons. The van der Waals surface area contributed by atoms with Gasteiger partial charge < -0.3 is 10.2 Å². The summed E-state index contributed by atoms with van der Waals surface area (Å²) in [6.07, 6.45) is 1.59. The molecule has 0 bridgehead atoms. The minimum atomic E-state index is -0.323. The summed E-state index contributed by atoms with van der Waals surface area (Å²) in [5.74, 6) is 0.152. The molecule has 5 nitrogen and oxygen atoms in total. The van der Waals surface area contributed by atoms with Gasteiger partial charge in [-0.15, -0.1) is 0 Å². The van der Waals surface area contributed by atoms with Gasteiger partial charge in [-0.3, -0.25) is 4.79 Å². The average Bonchev–Trinajstić information content (AvgIpc) is 2.66. The van der Waals surface area contributed by atoms with Crippen LogP contribution < -0.4 is 10.2 Å². The summed E-state index contributed by atoms with van der Waals surface area (Å²) in [5.41, 5.74) is 3.80. The highest BCUT2D eigenvalue weighted by molar-refractivity contribution is 6.34. The van der Waals surface area contributed by atoms with Crippen molar-refractivity contribution < 1.29 is 4.79 Å². The molecule has 0 fully saturated rings. The fourth-order valence-electron chi connectivity index (χ4n) is 2.90. The second-order valence-electron chi connectivity index (χ2n) is 6.21. The number of amides is 1. The van der Waals surface area contributed by atoms with Crippen molar-refractivity contribution in [1.82, 2.24) is 9.97 Å². The summed E-state index contributed by atoms with van der Waals surface area (Å²) in [6.45, 7) is 6.56. The van der Waals surface area contributed by atoms with Crippen LogP contribution in [-0.4, -0.2) is 22.4 Å². The van der Waals surface area contributed by atoms with Crippen molar-refractivity contribution in [3.63, 3.8) is 0 Å². The van der Waals surface area contributed by atoms with E-state index in [4.69, 9.17) is 11.6 Å². The molecule has 0 spiro atoms. The second kappa shape index (κ2) is 8.18. The summed E-state index contributed by atoms with van der Waals surface area (Å²) in [6, 6.07) is 15.2. The van der Waals surface area contributed by atoms with Crippen LogP contribution in [0.1, 0.15) is 28.5 Å². The Hall–Kier alpha value is -2.92. The number of para-hydroxylation sites is 1. The summed E-state index contributed by atoms with van der Waals surface area (Å²) in [7, 11) is 0. The van der Waals surface area contributed by atoms with Crippen LogP contribution >= 0.6 is 11.6 Å². The molecule has 0 saturated carbocycles. The molecular formula is C21H21ClN4O. The zero-order valence-corrected chi connectivity index (χ0v) is 16.3. The predicted octanol–water partition coefficient (Wildman–Crippen LogP) is 5.16. The highest BCUT2D eigenvalue weighted by Crippen LogP contribution is 2.28. The number of carbonyl (C=O) groups is 1. The molecule has 27 heavy (non-hydrogen) atoms. The van der Waals surface area contributed by atoms with Gasteiger partial charge in [-0.1, -0.05) is 35.9 Å². The van der Waals surface area contributed by atoms with Gasteiger partial charge in [0.2, 0.25) is 5.95 Å². The molecule has 1 heterocycles. The lowest BCUT2D eigenvalue weighted by Gasteiger charge is -2.21. The Morgan fingerprint density at radius 1 is 1.15 bits per heavy atom. The first-order valence-electron chi connectivity index (χ1n) is 8.73. The molecule has 3 aromatic rings. The average molecular weight is 381 g/mol. The van der Waals surface area contributed by atoms with Crippen LogP contribution in [-0.2, 0) is 0 Å². The highest BCUT2D eigenvalue weighted by Gasteiger charge is 2.16. The van der Waals surface area contributed by atoms with E-state index in [0.717, 1.165) is 16.8 Å². The number of carbonyl (C=O) groups excluding carboxylic acids is 1. The molecule has 1 aromatic heterocycles. The van der Waals surface area contributed by atoms with E-state index < -0.39 is 0 Å². The van der Waals surface area contributed by atoms with Crippen molar-refractivity contribution in [2.24, 2.45) is 0 Å². The standard InChI is InChI=1S/C21H21ClN4O/c1-4-26(16-8-6-5-7-9-16)21-23-11-10-18(24-21)20(27)25-19-15(3)12-14(2)13-17(19)22/h5-13H,4H2,1-3H3,(H,25,27). The second-order valence-corrected chi connectivity index (χ2v) is 6.62. The lowest BCUT2D eigenvalue weighted by molar-refractivity contribution is 0.102. The Bertz CT molecular complexity index is 936. The molecule has 138 valence electrons. The third-order valence-corrected chi connectivity index (χ3v) is 4.47. The van der Waals surface area contributed by atoms with Gasteiger partial charge in [0, 0.05) is 18.4 Å². The lowest BCUT2D eigenvalue weighted by Crippen LogP contribution is -2.21. The summed E-state index contributed by atoms with van der Waals surface area (Å²) < 4.78 is 0. The topological polar surface area (TPSA) is 58.1 Å². The highest BCUT2D eigenvalue weighted by atomic mass is 35.5. The molecule has 0 atom stereocenters. The molecule has 1 amide bonds. The normalized spacial score (nSPS) is 10.5. The minimum absolute atomic E-state index is 0.283. The number of hydrogen-bond donors (Lipinski definition) is 1. The first kappa shape index (κ1) is 18.9. The van der Waals surface area contributed by atoms with Crippen LogP contribution in [0.2, 0.25) is 5.02 Å². The first-order chi connectivity index (χ1) is 13.0. The minimum Gasteiger partial charge on any atom is -0.319 e. The van der Waals surface area contributed by atoms with E-state index in [1.165, 1.54) is 0 Å². The predicted molar refractivity (Wildman–Crippen MR) is 110 cm³/mol. The van der Waals surface area contributed by atoms with Crippen molar-refractivity contribution in [3.8, 4) is 0 Å². The Morgan fingerprint density at radius 2 is 1.89 bits per heavy atom. The molecule has 0 aliphatic rings. The molecule has 1 N–H and O–H groups in total. The fraction of sp³-hybridized carbons (Fsp3) is 0.190. The third-order valence-electron chi connectivity index (χ3n) is 4.17. The maximum Gasteiger partial charge on any atom is 0.274 e. The number of aryl methyl sites for hydroxylation is 2. The van der Waals surface area contributed by atoms with Crippen LogP contribution in [0.3, 0.4) is 0 Å². The zero-order chi connectivity index (χ0) is 19.4. The number of nitrogens with zero attached hydrogens (tertiary/aromatic N) is 3. The van der Waals surface area contributed by atoms with Crippen LogP contribution in [0.4, 0.5) is 17.3 Å². The number of rotatable bonds is 5. The van der Waals surface area contributed by atoms with Gasteiger partial charge in [0.05, 0.1) is 10.7 Å². The van der Waals surface area contributed by atoms with Gasteiger partial charge in [0.25, 0.3) is 5.91 Å². The van der Waals surface area contributed by atoms with E-state index in [1.807, 2.05) is 68.1 Å². The Kier molecular flexibility index (Phi) is 5.72. The van der Waals surface area contributed by atoms with Gasteiger partial charge in [-0.2, -0.15) is 0 Å². The van der Waals surface area contributed by atoms with Crippen molar-refractivity contribution in [2.45, 2.75) is 20.8 Å². The van der Waals surface area contributed by atoms with E-state index in [2.05, 4.69) is 15.3 Å². The van der Waals surface area contributed by atoms with E-state index >= 15 is 0 Å². The van der Waals surface area contributed by atoms with Gasteiger partial charge in [0.15, 0.2) is 0 Å². The van der Waals surface area contributed by atoms with Crippen LogP contribution in [0.25, 0.3) is 0 Å². The molecule has 3 rings (SSSR count). The van der Waals surface area contributed by atoms with Gasteiger partial charge in [-0.25, -0.2) is 9.97 Å². The zero-order valence-electron chi connectivity index (χ0n) is 15.5. The summed E-state index contributed by atoms with van der Waals surface area (Å²) in [5, 5.41) is 3.38. The van der Waals surface area contributed by atoms with Crippen LogP contribution in [0, 0.1) is 13.8 Å². The molecule has 0 aliphatic carbocycles. The molecular weight excluding hydrogens is 360 g/mol. The summed E-state index contributed by atoms with van der Waals surface area (Å²) in [4.78, 5) is 23.5. The molecule has 0 aliphatic heterocycles. The number of nitrogens with one attached hydrogen (secondary N) is 1. The van der Waals surface area contributed by atoms with Crippen molar-refractivity contribution in [2.75, 3.05) is 16.8 Å². The number of anilines is 3. The number of halogens is 1. The maximum atomic E-state index is 12.7. The smallest absolute Gasteiger partial charge is 0.274 e. The van der Waals surface area contributed by atoms with Gasteiger partial charge in [0.1, 0.15) is 5.69 Å². The first-order valence-corrected chi connectivity index (χ1v) is 9.11. The van der Waals surface area contributed by atoms with Crippen LogP contribution in [0.15, 0.2) is 54.7 Å². The number of aromatic nitrogens is 2. The van der Waals surface area contributed by atoms with Crippen molar-refractivity contribution in [3.05, 3.63) is 76.6 Å². The third kappa shape index (κ3) is 4.26. The quantitative estimate of drug-likeness (QED) is 0.664. The van der Waals surface area contributed by atoms with Crippen LogP contribution in [0.5, 0.6) is 0 Å². The van der Waals surface area contributed by atoms with E-state index in [1.54, 1.807) is 12.3 Å². The molecule has 6 heteroatoms. The number of benzene rings is 2. The Morgan fingerprint density at radius 3 is 2.56 bits per heavy atom. The van der Waals surface area contributed by atoms with E-state index in [-0.39, 0.29) is 11.6 Å². The van der Waals surface area contributed by atoms with Gasteiger partial charge >= 0.3 is 0 Å². The Balaban J connectivity index is 1.88. The van der Waals surface area contributed by atoms with Gasteiger partial charge in [-0.05, 0) is 56.2 Å². The monoisotopic (exact) mass is 380 g/mol. The van der Waals surface area contributed by atoms with E-state index in [0.29, 0.717) is 23.2 Å². The van der Waals surface area contributed by atoms with Crippen molar-refractivity contribution in [1.29, 1.82) is 0 Å². The van der Waals surface area contributed by atoms with Crippen molar-refractivity contribution >= 4 is 34.8 Å². The molecule has 0 saturated heterocycles. The largest absolute Gasteiger partial charge is 0.319 e. The lowest BCUT2D eigenvalue weighted by atomic mass is 10.1. The Labute approximate surface area is 164 Å². The molecule has 0 unspecified atom stereocenters. The van der Waals surface area contributed by atoms with E-state index in [9.17, 15) is 4.79 Å². The fourth-order valence-corrected chi connectivity index (χ4v) is 3.27. The summed E-state index contributed by atoms with van der Waals surface area (Å²) >= 11 is 6.29. The maximum absolute atomic E-state index is 12.7. The SMILES string of the molecule is CCN(c1ccccc1)c1nccc(C(=O)Nc2c(C)cc(C)cc2Cl)n1. The molecule has 2 aromatic carbocycles. The number of hydrogen-bond acceptors (Lipinski definition) is 4.